The van der Waals surface area contributed by atoms with Crippen molar-refractivity contribution in [3.63, 3.8) is 0 Å². The topological polar surface area (TPSA) is 46.6 Å². The van der Waals surface area contributed by atoms with Crippen LogP contribution in [0, 0.1) is 35.5 Å². The minimum Gasteiger partial charge on any atom is -0.494 e. The molecule has 4 aliphatic carbocycles. The molecule has 4 nitrogen and oxygen atoms in total. The van der Waals surface area contributed by atoms with Gasteiger partial charge in [-0.3, -0.25) is 14.5 Å². The Hall–Kier alpha value is -2.10. The van der Waals surface area contributed by atoms with E-state index in [0.29, 0.717) is 24.1 Å². The van der Waals surface area contributed by atoms with Crippen molar-refractivity contribution in [2.45, 2.75) is 19.8 Å². The van der Waals surface area contributed by atoms with Gasteiger partial charge in [0, 0.05) is 0 Å². The molecule has 1 aromatic rings. The molecule has 2 amide bonds. The van der Waals surface area contributed by atoms with Crippen LogP contribution in [0.25, 0.3) is 0 Å². The lowest BCUT2D eigenvalue weighted by Crippen LogP contribution is -2.40. The lowest BCUT2D eigenvalue weighted by atomic mass is 9.63. The summed E-state index contributed by atoms with van der Waals surface area (Å²) in [5.74, 6) is 2.34. The number of ether oxygens (including phenoxy) is 1. The Balaban J connectivity index is 1.44. The minimum atomic E-state index is -0.132. The Morgan fingerprint density at radius 2 is 1.58 bits per heavy atom. The van der Waals surface area contributed by atoms with Gasteiger partial charge in [-0.15, -0.1) is 0 Å². The molecule has 2 saturated carbocycles. The number of imide groups is 1. The summed E-state index contributed by atoms with van der Waals surface area (Å²) in [5, 5.41) is 0. The average molecular weight is 323 g/mol. The standard InChI is InChI=1S/C20H21NO3/c1-2-9-24-12-5-3-11(4-6-12)21-19(22)17-13-7-8-14(16-10-15(13)16)18(17)20(21)23/h3-8,13-18H,2,9-10H2,1H3/t13-,14-,15-,16+,17-,18+/m1/s1. The average Bonchev–Trinajstić information content (AvgIpc) is 3.38. The smallest absolute Gasteiger partial charge is 0.238 e. The zero-order valence-corrected chi connectivity index (χ0v) is 13.7. The lowest BCUT2D eigenvalue weighted by molar-refractivity contribution is -0.124. The largest absolute Gasteiger partial charge is 0.494 e. The summed E-state index contributed by atoms with van der Waals surface area (Å²) in [5.41, 5.74) is 0.677. The summed E-state index contributed by atoms with van der Waals surface area (Å²) in [4.78, 5) is 27.4. The SMILES string of the molecule is CCCOc1ccc(N2C(=O)[C@@H]3[C@@H]4C=C[C@H]([C@@H]5C[C@H]45)[C@@H]3C2=O)cc1. The maximum absolute atomic E-state index is 13.0. The van der Waals surface area contributed by atoms with Crippen LogP contribution in [-0.2, 0) is 9.59 Å². The fraction of sp³-hybridized carbons (Fsp3) is 0.500. The van der Waals surface area contributed by atoms with E-state index in [0.717, 1.165) is 12.2 Å². The highest BCUT2D eigenvalue weighted by Gasteiger charge is 2.67. The van der Waals surface area contributed by atoms with Crippen molar-refractivity contribution in [1.82, 2.24) is 0 Å². The van der Waals surface area contributed by atoms with E-state index in [4.69, 9.17) is 4.74 Å². The van der Waals surface area contributed by atoms with Gasteiger partial charge < -0.3 is 4.74 Å². The Morgan fingerprint density at radius 1 is 1.00 bits per heavy atom. The number of hydrogen-bond donors (Lipinski definition) is 0. The van der Waals surface area contributed by atoms with Crippen LogP contribution in [0.2, 0.25) is 0 Å². The highest BCUT2D eigenvalue weighted by molar-refractivity contribution is 6.22. The number of hydrogen-bond acceptors (Lipinski definition) is 3. The molecule has 1 aliphatic heterocycles. The first-order valence-electron chi connectivity index (χ1n) is 8.99. The van der Waals surface area contributed by atoms with Crippen LogP contribution >= 0.6 is 0 Å². The summed E-state index contributed by atoms with van der Waals surface area (Å²) in [6, 6.07) is 7.35. The third-order valence-electron chi connectivity index (χ3n) is 6.23. The van der Waals surface area contributed by atoms with E-state index in [1.807, 2.05) is 24.3 Å². The Kier molecular flexibility index (Phi) is 2.94. The monoisotopic (exact) mass is 323 g/mol. The Bertz CT molecular complexity index is 702. The number of anilines is 1. The van der Waals surface area contributed by atoms with E-state index in [-0.39, 0.29) is 35.5 Å². The molecule has 4 heteroatoms. The van der Waals surface area contributed by atoms with Gasteiger partial charge >= 0.3 is 0 Å². The first kappa shape index (κ1) is 14.3. The van der Waals surface area contributed by atoms with Gasteiger partial charge in [0.1, 0.15) is 5.75 Å². The molecule has 2 bridgehead atoms. The number of nitrogens with zero attached hydrogens (tertiary/aromatic N) is 1. The van der Waals surface area contributed by atoms with E-state index in [1.54, 1.807) is 0 Å². The molecule has 0 aromatic heterocycles. The van der Waals surface area contributed by atoms with E-state index >= 15 is 0 Å². The molecule has 6 atom stereocenters. The van der Waals surface area contributed by atoms with E-state index in [9.17, 15) is 9.59 Å². The molecular weight excluding hydrogens is 302 g/mol. The molecule has 0 N–H and O–H groups in total. The van der Waals surface area contributed by atoms with Crippen molar-refractivity contribution in [3.8, 4) is 5.75 Å². The number of carbonyl (C=O) groups excluding carboxylic acids is 2. The number of amides is 2. The zero-order chi connectivity index (χ0) is 16.4. The van der Waals surface area contributed by atoms with Crippen molar-refractivity contribution >= 4 is 17.5 Å². The number of carbonyl (C=O) groups is 2. The molecule has 0 radical (unpaired) electrons. The van der Waals surface area contributed by atoms with Crippen LogP contribution in [0.15, 0.2) is 36.4 Å². The molecule has 5 aliphatic rings. The number of allylic oxidation sites excluding steroid dienone is 2. The molecule has 0 spiro atoms. The van der Waals surface area contributed by atoms with Gasteiger partial charge in [0.15, 0.2) is 0 Å². The Labute approximate surface area is 141 Å². The van der Waals surface area contributed by atoms with Crippen LogP contribution in [0.1, 0.15) is 19.8 Å². The quantitative estimate of drug-likeness (QED) is 0.632. The third-order valence-corrected chi connectivity index (χ3v) is 6.23. The normalized spacial score (nSPS) is 38.3. The molecule has 1 heterocycles. The first-order valence-corrected chi connectivity index (χ1v) is 8.99. The predicted octanol–water partition coefficient (Wildman–Crippen LogP) is 3.03. The van der Waals surface area contributed by atoms with Crippen molar-refractivity contribution < 1.29 is 14.3 Å². The first-order chi connectivity index (χ1) is 11.7. The fourth-order valence-corrected chi connectivity index (χ4v) is 5.12. The number of benzene rings is 1. The van der Waals surface area contributed by atoms with Crippen molar-refractivity contribution in [2.75, 3.05) is 11.5 Å². The maximum Gasteiger partial charge on any atom is 0.238 e. The van der Waals surface area contributed by atoms with Gasteiger partial charge in [0.25, 0.3) is 0 Å². The number of rotatable bonds is 4. The molecule has 0 unspecified atom stereocenters. The molecule has 1 aromatic carbocycles. The van der Waals surface area contributed by atoms with Gasteiger partial charge in [-0.25, -0.2) is 0 Å². The molecule has 3 fully saturated rings. The fourth-order valence-electron chi connectivity index (χ4n) is 5.12. The minimum absolute atomic E-state index is 0.00285. The van der Waals surface area contributed by atoms with Crippen molar-refractivity contribution in [1.29, 1.82) is 0 Å². The highest BCUT2D eigenvalue weighted by atomic mass is 16.5. The second-order valence-corrected chi connectivity index (χ2v) is 7.51. The summed E-state index contributed by atoms with van der Waals surface area (Å²) in [6.45, 7) is 2.73. The van der Waals surface area contributed by atoms with Gasteiger partial charge in [-0.1, -0.05) is 19.1 Å². The summed E-state index contributed by atoms with van der Waals surface area (Å²) >= 11 is 0. The third kappa shape index (κ3) is 1.80. The second-order valence-electron chi connectivity index (χ2n) is 7.51. The summed E-state index contributed by atoms with van der Waals surface area (Å²) < 4.78 is 5.59. The van der Waals surface area contributed by atoms with Gasteiger partial charge in [-0.05, 0) is 60.8 Å². The van der Waals surface area contributed by atoms with E-state index in [1.165, 1.54) is 11.3 Å². The van der Waals surface area contributed by atoms with E-state index < -0.39 is 0 Å². The van der Waals surface area contributed by atoms with Crippen LogP contribution in [-0.4, -0.2) is 18.4 Å². The van der Waals surface area contributed by atoms with Gasteiger partial charge in [-0.2, -0.15) is 0 Å². The van der Waals surface area contributed by atoms with Crippen LogP contribution in [0.5, 0.6) is 5.75 Å². The van der Waals surface area contributed by atoms with E-state index in [2.05, 4.69) is 19.1 Å². The van der Waals surface area contributed by atoms with Crippen molar-refractivity contribution in [2.24, 2.45) is 35.5 Å². The Morgan fingerprint density at radius 3 is 2.12 bits per heavy atom. The lowest BCUT2D eigenvalue weighted by Gasteiger charge is -2.37. The highest BCUT2D eigenvalue weighted by Crippen LogP contribution is 2.65. The molecule has 6 rings (SSSR count). The van der Waals surface area contributed by atoms with Crippen molar-refractivity contribution in [3.05, 3.63) is 36.4 Å². The molecule has 24 heavy (non-hydrogen) atoms. The van der Waals surface area contributed by atoms with Crippen LogP contribution in [0.3, 0.4) is 0 Å². The molecule has 124 valence electrons. The van der Waals surface area contributed by atoms with Gasteiger partial charge in [0.05, 0.1) is 24.1 Å². The summed E-state index contributed by atoms with van der Waals surface area (Å²) in [6.07, 6.45) is 6.55. The predicted molar refractivity (Wildman–Crippen MR) is 89.4 cm³/mol. The second kappa shape index (κ2) is 4.95. The van der Waals surface area contributed by atoms with Crippen LogP contribution < -0.4 is 9.64 Å². The molecular formula is C20H21NO3. The summed E-state index contributed by atoms with van der Waals surface area (Å²) in [7, 11) is 0. The zero-order valence-electron chi connectivity index (χ0n) is 13.7. The van der Waals surface area contributed by atoms with Gasteiger partial charge in [0.2, 0.25) is 11.8 Å². The maximum atomic E-state index is 13.0. The van der Waals surface area contributed by atoms with Crippen LogP contribution in [0.4, 0.5) is 5.69 Å². The molecule has 1 saturated heterocycles.